The van der Waals surface area contributed by atoms with Gasteiger partial charge in [0.05, 0.1) is 30.8 Å². The number of amides is 1. The lowest BCUT2D eigenvalue weighted by molar-refractivity contribution is 0.0937. The lowest BCUT2D eigenvalue weighted by Gasteiger charge is -2.17. The van der Waals surface area contributed by atoms with Crippen molar-refractivity contribution in [3.8, 4) is 11.5 Å². The Bertz CT molecular complexity index is 1310. The number of fused-ring (bicyclic) bond motifs is 1. The maximum Gasteiger partial charge on any atom is 0.251 e. The number of nitrogens with one attached hydrogen (secondary N) is 1. The molecule has 0 spiro atoms. The van der Waals surface area contributed by atoms with Crippen LogP contribution in [0.1, 0.15) is 73.7 Å². The number of nitrogens with zero attached hydrogens (tertiary/aromatic N) is 2. The molecule has 1 amide bonds. The van der Waals surface area contributed by atoms with E-state index in [1.165, 1.54) is 5.56 Å². The standard InChI is InChI=1S/C31H37N3O3/c1-5-22(2)24-15-17-26(18-16-24)37-20-9-8-19-34-29-14-7-6-13-28(29)33-30(34)23(3)32-31(35)25-11-10-12-27(21-25)36-4/h6-7,10-18,21-23H,5,8-9,19-20H2,1-4H3,(H,32,35). The molecule has 6 heteroatoms. The molecule has 0 saturated heterocycles. The molecule has 1 aromatic heterocycles. The highest BCUT2D eigenvalue weighted by Gasteiger charge is 2.19. The molecule has 194 valence electrons. The Morgan fingerprint density at radius 2 is 1.76 bits per heavy atom. The SMILES string of the molecule is CCC(C)c1ccc(OCCCCn2c(C(C)NC(=O)c3cccc(OC)c3)nc3ccccc32)cc1. The Hall–Kier alpha value is -3.80. The number of carbonyl (C=O) groups excluding carboxylic acids is 1. The molecule has 6 nitrogen and oxygen atoms in total. The summed E-state index contributed by atoms with van der Waals surface area (Å²) in [7, 11) is 1.59. The van der Waals surface area contributed by atoms with Crippen LogP contribution in [0.15, 0.2) is 72.8 Å². The van der Waals surface area contributed by atoms with Crippen molar-refractivity contribution in [2.24, 2.45) is 0 Å². The molecular weight excluding hydrogens is 462 g/mol. The third-order valence-electron chi connectivity index (χ3n) is 6.86. The molecule has 3 aromatic carbocycles. The molecule has 4 aromatic rings. The van der Waals surface area contributed by atoms with E-state index in [4.69, 9.17) is 14.5 Å². The van der Waals surface area contributed by atoms with Gasteiger partial charge in [-0.05, 0) is 80.1 Å². The zero-order valence-electron chi connectivity index (χ0n) is 22.2. The van der Waals surface area contributed by atoms with E-state index in [-0.39, 0.29) is 11.9 Å². The van der Waals surface area contributed by atoms with Crippen molar-refractivity contribution in [2.45, 2.75) is 58.5 Å². The number of carbonyl (C=O) groups is 1. The molecular formula is C31H37N3O3. The molecule has 0 aliphatic heterocycles. The summed E-state index contributed by atoms with van der Waals surface area (Å²) >= 11 is 0. The van der Waals surface area contributed by atoms with E-state index in [1.54, 1.807) is 19.2 Å². The number of hydrogen-bond donors (Lipinski definition) is 1. The van der Waals surface area contributed by atoms with Gasteiger partial charge in [-0.25, -0.2) is 4.98 Å². The largest absolute Gasteiger partial charge is 0.497 e. The van der Waals surface area contributed by atoms with Gasteiger partial charge < -0.3 is 19.4 Å². The van der Waals surface area contributed by atoms with Crippen LogP contribution in [0.2, 0.25) is 0 Å². The van der Waals surface area contributed by atoms with Crippen molar-refractivity contribution in [3.05, 3.63) is 89.7 Å². The second-order valence-electron chi connectivity index (χ2n) is 9.47. The molecule has 0 bridgehead atoms. The monoisotopic (exact) mass is 499 g/mol. The predicted octanol–water partition coefficient (Wildman–Crippen LogP) is 6.91. The number of rotatable bonds is 12. The van der Waals surface area contributed by atoms with E-state index in [0.717, 1.165) is 48.4 Å². The van der Waals surface area contributed by atoms with Crippen LogP contribution in [0.3, 0.4) is 0 Å². The molecule has 2 atom stereocenters. The van der Waals surface area contributed by atoms with Gasteiger partial charge in [0.15, 0.2) is 0 Å². The number of para-hydroxylation sites is 2. The number of aromatic nitrogens is 2. The van der Waals surface area contributed by atoms with Crippen LogP contribution in [-0.4, -0.2) is 29.2 Å². The fourth-order valence-corrected chi connectivity index (χ4v) is 4.46. The van der Waals surface area contributed by atoms with Gasteiger partial charge in [-0.1, -0.05) is 44.2 Å². The van der Waals surface area contributed by atoms with E-state index in [1.807, 2.05) is 37.3 Å². The number of aryl methyl sites for hydroxylation is 1. The molecule has 4 rings (SSSR count). The molecule has 0 aliphatic rings. The zero-order chi connectivity index (χ0) is 26.2. The normalized spacial score (nSPS) is 12.8. The van der Waals surface area contributed by atoms with Crippen molar-refractivity contribution in [1.29, 1.82) is 0 Å². The second-order valence-corrected chi connectivity index (χ2v) is 9.47. The molecule has 1 N–H and O–H groups in total. The lowest BCUT2D eigenvalue weighted by atomic mass is 9.99. The van der Waals surface area contributed by atoms with Gasteiger partial charge in [-0.15, -0.1) is 0 Å². The molecule has 37 heavy (non-hydrogen) atoms. The minimum atomic E-state index is -0.258. The van der Waals surface area contributed by atoms with Gasteiger partial charge in [0, 0.05) is 12.1 Å². The quantitative estimate of drug-likeness (QED) is 0.215. The van der Waals surface area contributed by atoms with E-state index in [9.17, 15) is 4.79 Å². The van der Waals surface area contributed by atoms with Gasteiger partial charge in [-0.3, -0.25) is 4.79 Å². The highest BCUT2D eigenvalue weighted by molar-refractivity contribution is 5.94. The Morgan fingerprint density at radius 1 is 0.973 bits per heavy atom. The lowest BCUT2D eigenvalue weighted by Crippen LogP contribution is -2.28. The third kappa shape index (κ3) is 6.50. The number of methoxy groups -OCH3 is 1. The van der Waals surface area contributed by atoms with Crippen LogP contribution in [-0.2, 0) is 6.54 Å². The fourth-order valence-electron chi connectivity index (χ4n) is 4.46. The first kappa shape index (κ1) is 26.3. The number of imidazole rings is 1. The zero-order valence-corrected chi connectivity index (χ0v) is 22.2. The maximum atomic E-state index is 12.9. The summed E-state index contributed by atoms with van der Waals surface area (Å²) in [5.41, 5.74) is 3.91. The highest BCUT2D eigenvalue weighted by Crippen LogP contribution is 2.24. The van der Waals surface area contributed by atoms with E-state index in [0.29, 0.717) is 23.8 Å². The Labute approximate surface area is 219 Å². The average molecular weight is 500 g/mol. The van der Waals surface area contributed by atoms with Gasteiger partial charge >= 0.3 is 0 Å². The topological polar surface area (TPSA) is 65.4 Å². The summed E-state index contributed by atoms with van der Waals surface area (Å²) in [5, 5.41) is 3.10. The highest BCUT2D eigenvalue weighted by atomic mass is 16.5. The van der Waals surface area contributed by atoms with Crippen molar-refractivity contribution in [2.75, 3.05) is 13.7 Å². The molecule has 0 aliphatic carbocycles. The minimum Gasteiger partial charge on any atom is -0.497 e. The van der Waals surface area contributed by atoms with E-state index >= 15 is 0 Å². The van der Waals surface area contributed by atoms with Crippen LogP contribution in [0.5, 0.6) is 11.5 Å². The first-order valence-electron chi connectivity index (χ1n) is 13.1. The van der Waals surface area contributed by atoms with Crippen molar-refractivity contribution < 1.29 is 14.3 Å². The first-order chi connectivity index (χ1) is 18.0. The fraction of sp³-hybridized carbons (Fsp3) is 0.355. The van der Waals surface area contributed by atoms with Crippen LogP contribution in [0.4, 0.5) is 0 Å². The molecule has 1 heterocycles. The van der Waals surface area contributed by atoms with Gasteiger partial charge in [0.1, 0.15) is 17.3 Å². The number of ether oxygens (including phenoxy) is 2. The Balaban J connectivity index is 1.38. The van der Waals surface area contributed by atoms with Crippen molar-refractivity contribution in [3.63, 3.8) is 0 Å². The summed E-state index contributed by atoms with van der Waals surface area (Å²) in [5.74, 6) is 2.82. The summed E-state index contributed by atoms with van der Waals surface area (Å²) in [4.78, 5) is 17.8. The molecule has 0 radical (unpaired) electrons. The molecule has 0 fully saturated rings. The van der Waals surface area contributed by atoms with E-state index in [2.05, 4.69) is 54.1 Å². The summed E-state index contributed by atoms with van der Waals surface area (Å²) in [6, 6.07) is 23.5. The van der Waals surface area contributed by atoms with Crippen LogP contribution in [0.25, 0.3) is 11.0 Å². The van der Waals surface area contributed by atoms with Crippen molar-refractivity contribution >= 4 is 16.9 Å². The van der Waals surface area contributed by atoms with Crippen LogP contribution >= 0.6 is 0 Å². The van der Waals surface area contributed by atoms with Crippen molar-refractivity contribution in [1.82, 2.24) is 14.9 Å². The number of benzene rings is 3. The van der Waals surface area contributed by atoms with Gasteiger partial charge in [0.2, 0.25) is 0 Å². The molecule has 0 saturated carbocycles. The predicted molar refractivity (Wildman–Crippen MR) is 148 cm³/mol. The summed E-state index contributed by atoms with van der Waals surface area (Å²) in [6.07, 6.45) is 2.99. The Morgan fingerprint density at radius 3 is 2.51 bits per heavy atom. The summed E-state index contributed by atoms with van der Waals surface area (Å²) < 4.78 is 13.5. The smallest absolute Gasteiger partial charge is 0.251 e. The minimum absolute atomic E-state index is 0.155. The van der Waals surface area contributed by atoms with Gasteiger partial charge in [0.25, 0.3) is 5.91 Å². The average Bonchev–Trinajstić information content (AvgIpc) is 3.31. The first-order valence-corrected chi connectivity index (χ1v) is 13.1. The maximum absolute atomic E-state index is 12.9. The second kappa shape index (κ2) is 12.4. The van der Waals surface area contributed by atoms with E-state index < -0.39 is 0 Å². The van der Waals surface area contributed by atoms with Crippen LogP contribution < -0.4 is 14.8 Å². The Kier molecular flexibility index (Phi) is 8.83. The third-order valence-corrected chi connectivity index (χ3v) is 6.86. The number of unbranched alkanes of at least 4 members (excludes halogenated alkanes) is 1. The number of hydrogen-bond acceptors (Lipinski definition) is 4. The van der Waals surface area contributed by atoms with Gasteiger partial charge in [-0.2, -0.15) is 0 Å². The summed E-state index contributed by atoms with van der Waals surface area (Å²) in [6.45, 7) is 7.88. The molecule has 2 unspecified atom stereocenters. The van der Waals surface area contributed by atoms with Crippen LogP contribution in [0, 0.1) is 0 Å².